The minimum atomic E-state index is -0.730. The summed E-state index contributed by atoms with van der Waals surface area (Å²) in [7, 11) is 7.46. The van der Waals surface area contributed by atoms with Crippen LogP contribution in [0.2, 0.25) is 0 Å². The summed E-state index contributed by atoms with van der Waals surface area (Å²) in [5.41, 5.74) is 5.94. The number of hydrogen-bond donors (Lipinski definition) is 3. The molecule has 0 spiro atoms. The smallest absolute Gasteiger partial charge is 0.306 e. The third-order valence-corrected chi connectivity index (χ3v) is 14.9. The minimum absolute atomic E-state index is 0.0465. The molecule has 0 radical (unpaired) electrons. The SMILES string of the molecule is COc1cn2nccc2cc1Nc1ncnc2sc3c(c12)CC[C@H](C(=O)N1CC[C@@H](N(C)C)C1)C3.COc1cn2nccc2cc1Nc1ncnc2sc3c(c12)CC[C@H](C(=O)O)C3. The number of likely N-dealkylation sites (N-methyl/N-ethyl adjacent to an activating group) is 1. The molecule has 0 saturated carbocycles. The van der Waals surface area contributed by atoms with Gasteiger partial charge in [-0.05, 0) is 94.4 Å². The van der Waals surface area contributed by atoms with Gasteiger partial charge in [0.05, 0.1) is 65.7 Å². The first-order valence-corrected chi connectivity index (χ1v) is 22.5. The van der Waals surface area contributed by atoms with Gasteiger partial charge < -0.3 is 35.0 Å². The molecule has 19 heteroatoms. The lowest BCUT2D eigenvalue weighted by Crippen LogP contribution is -2.39. The molecular weight excluding hydrogens is 841 g/mol. The number of carboxylic acid groups (broad SMARTS) is 1. The number of anilines is 4. The van der Waals surface area contributed by atoms with Crippen molar-refractivity contribution < 1.29 is 24.2 Å². The van der Waals surface area contributed by atoms with Gasteiger partial charge in [0, 0.05) is 47.2 Å². The number of ether oxygens (including phenoxy) is 2. The van der Waals surface area contributed by atoms with Crippen molar-refractivity contribution in [3.05, 3.63) is 82.6 Å². The predicted octanol–water partition coefficient (Wildman–Crippen LogP) is 6.64. The number of nitrogens with one attached hydrogen (secondary N) is 2. The molecule has 63 heavy (non-hydrogen) atoms. The summed E-state index contributed by atoms with van der Waals surface area (Å²) in [5.74, 6) is 2.11. The second kappa shape index (κ2) is 16.7. The van der Waals surface area contributed by atoms with Crippen molar-refractivity contribution in [2.45, 2.75) is 51.0 Å². The van der Waals surface area contributed by atoms with E-state index in [0.717, 1.165) is 97.9 Å². The average Bonchev–Trinajstić information content (AvgIpc) is 4.15. The topological polar surface area (TPSA) is 190 Å². The second-order valence-corrected chi connectivity index (χ2v) is 18.5. The molecule has 0 unspecified atom stereocenters. The van der Waals surface area contributed by atoms with Crippen molar-refractivity contribution in [2.24, 2.45) is 11.8 Å². The molecule has 0 bridgehead atoms. The quantitative estimate of drug-likeness (QED) is 0.140. The van der Waals surface area contributed by atoms with Crippen LogP contribution in [0.3, 0.4) is 0 Å². The number of carbonyl (C=O) groups is 2. The molecule has 9 heterocycles. The number of likely N-dealkylation sites (tertiary alicyclic amines) is 1. The molecule has 17 nitrogen and oxygen atoms in total. The molecule has 3 N–H and O–H groups in total. The van der Waals surface area contributed by atoms with Crippen LogP contribution in [0.5, 0.6) is 11.5 Å². The van der Waals surface area contributed by atoms with Crippen LogP contribution in [-0.4, -0.2) is 113 Å². The van der Waals surface area contributed by atoms with Gasteiger partial charge in [-0.15, -0.1) is 22.7 Å². The van der Waals surface area contributed by atoms with Crippen LogP contribution in [0.25, 0.3) is 31.5 Å². The van der Waals surface area contributed by atoms with E-state index in [0.29, 0.717) is 48.5 Å². The second-order valence-electron chi connectivity index (χ2n) is 16.4. The molecule has 8 aromatic rings. The van der Waals surface area contributed by atoms with Gasteiger partial charge in [-0.2, -0.15) is 10.2 Å². The molecule has 3 atom stereocenters. The van der Waals surface area contributed by atoms with Crippen molar-refractivity contribution >= 4 is 89.0 Å². The Morgan fingerprint density at radius 1 is 0.762 bits per heavy atom. The van der Waals surface area contributed by atoms with Crippen molar-refractivity contribution in [2.75, 3.05) is 52.0 Å². The van der Waals surface area contributed by atoms with Crippen LogP contribution < -0.4 is 20.1 Å². The number of aliphatic carboxylic acids is 1. The van der Waals surface area contributed by atoms with Gasteiger partial charge in [0.2, 0.25) is 5.91 Å². The van der Waals surface area contributed by atoms with Gasteiger partial charge >= 0.3 is 5.97 Å². The largest absolute Gasteiger partial charge is 0.493 e. The van der Waals surface area contributed by atoms with Crippen molar-refractivity contribution in [1.82, 2.24) is 49.0 Å². The first-order valence-electron chi connectivity index (χ1n) is 20.9. The van der Waals surface area contributed by atoms with Crippen LogP contribution >= 0.6 is 22.7 Å². The molecule has 11 rings (SSSR count). The summed E-state index contributed by atoms with van der Waals surface area (Å²) in [6.45, 7) is 1.70. The average molecular weight is 887 g/mol. The monoisotopic (exact) mass is 886 g/mol. The zero-order chi connectivity index (χ0) is 43.4. The minimum Gasteiger partial charge on any atom is -0.493 e. The molecule has 1 fully saturated rings. The zero-order valence-electron chi connectivity index (χ0n) is 35.2. The number of carboxylic acids is 1. The van der Waals surface area contributed by atoms with E-state index in [9.17, 15) is 14.7 Å². The molecule has 8 aromatic heterocycles. The molecule has 3 aliphatic rings. The Morgan fingerprint density at radius 2 is 1.29 bits per heavy atom. The Kier molecular flexibility index (Phi) is 10.8. The van der Waals surface area contributed by atoms with Crippen molar-refractivity contribution in [1.29, 1.82) is 0 Å². The molecule has 2 aliphatic carbocycles. The molecular formula is C44H46N12O5S2. The van der Waals surface area contributed by atoms with E-state index in [4.69, 9.17) is 9.47 Å². The molecule has 324 valence electrons. The van der Waals surface area contributed by atoms with Gasteiger partial charge in [0.15, 0.2) is 11.5 Å². The van der Waals surface area contributed by atoms with E-state index in [-0.39, 0.29) is 11.8 Å². The van der Waals surface area contributed by atoms with E-state index in [1.807, 2.05) is 36.7 Å². The Morgan fingerprint density at radius 3 is 1.78 bits per heavy atom. The number of amides is 1. The number of hydrogen-bond acceptors (Lipinski definition) is 15. The van der Waals surface area contributed by atoms with Gasteiger partial charge in [0.25, 0.3) is 0 Å². The third-order valence-electron chi connectivity index (χ3n) is 12.5. The Labute approximate surface area is 369 Å². The maximum absolute atomic E-state index is 13.3. The maximum atomic E-state index is 13.3. The first-order chi connectivity index (χ1) is 30.6. The molecule has 0 aromatic carbocycles. The summed E-state index contributed by atoms with van der Waals surface area (Å²) in [6, 6.07) is 8.29. The predicted molar refractivity (Wildman–Crippen MR) is 242 cm³/mol. The van der Waals surface area contributed by atoms with Gasteiger partial charge in [0.1, 0.15) is 34.0 Å². The van der Waals surface area contributed by atoms with E-state index in [1.54, 1.807) is 64.6 Å². The van der Waals surface area contributed by atoms with E-state index in [1.165, 1.54) is 16.8 Å². The standard InChI is InChI=1S/C25H29N7O2S.C19H17N5O3S/c1-30(2)17-7-9-31(12-17)25(33)15-4-5-18-21(10-15)35-24-22(18)23(26-14-27-24)29-19-11-16-6-8-28-32(16)13-20(19)34-3;1-27-14-8-24-11(4-5-22-24)7-13(14)23-17-16-12-3-2-10(19(25)26)6-15(12)28-18(16)21-9-20-17/h6,8,11,13-15,17H,4-5,7,9-10,12H2,1-3H3,(H,26,27,29);4-5,7-10H,2-3,6H2,1H3,(H,25,26)(H,20,21,23)/t15-,17+;10-/m00/s1. The summed E-state index contributed by atoms with van der Waals surface area (Å²) >= 11 is 3.25. The summed E-state index contributed by atoms with van der Waals surface area (Å²) in [5, 5.41) is 26.8. The van der Waals surface area contributed by atoms with Crippen LogP contribution in [0, 0.1) is 11.8 Å². The number of carbonyl (C=O) groups excluding carboxylic acids is 1. The summed E-state index contributed by atoms with van der Waals surface area (Å²) < 4.78 is 14.6. The number of rotatable bonds is 9. The van der Waals surface area contributed by atoms with Gasteiger partial charge in [-0.1, -0.05) is 0 Å². The van der Waals surface area contributed by atoms with E-state index < -0.39 is 5.97 Å². The fraction of sp³-hybridized carbons (Fsp3) is 0.364. The highest BCUT2D eigenvalue weighted by molar-refractivity contribution is 7.19. The number of thiophene rings is 2. The fourth-order valence-corrected chi connectivity index (χ4v) is 11.7. The Hall–Kier alpha value is -6.44. The third kappa shape index (κ3) is 7.63. The van der Waals surface area contributed by atoms with Crippen LogP contribution in [-0.2, 0) is 35.3 Å². The Balaban J connectivity index is 0.000000153. The highest BCUT2D eigenvalue weighted by atomic mass is 32.1. The van der Waals surface area contributed by atoms with Gasteiger partial charge in [-0.25, -0.2) is 29.0 Å². The Bertz CT molecular complexity index is 3030. The number of nitrogens with zero attached hydrogens (tertiary/aromatic N) is 10. The normalized spacial score (nSPS) is 18.4. The summed E-state index contributed by atoms with van der Waals surface area (Å²) in [6.07, 6.45) is 15.8. The summed E-state index contributed by atoms with van der Waals surface area (Å²) in [4.78, 5) is 51.2. The maximum Gasteiger partial charge on any atom is 0.306 e. The van der Waals surface area contributed by atoms with Crippen LogP contribution in [0.1, 0.15) is 40.1 Å². The first kappa shape index (κ1) is 40.6. The number of aryl methyl sites for hydroxylation is 2. The highest BCUT2D eigenvalue weighted by Gasteiger charge is 2.35. The lowest BCUT2D eigenvalue weighted by atomic mass is 9.87. The molecule has 1 amide bonds. The fourth-order valence-electron chi connectivity index (χ4n) is 9.12. The van der Waals surface area contributed by atoms with Crippen LogP contribution in [0.4, 0.5) is 23.0 Å². The van der Waals surface area contributed by atoms with Crippen molar-refractivity contribution in [3.63, 3.8) is 0 Å². The number of fused-ring (bicyclic) bond motifs is 8. The lowest BCUT2D eigenvalue weighted by molar-refractivity contribution is -0.142. The molecule has 1 aliphatic heterocycles. The lowest BCUT2D eigenvalue weighted by Gasteiger charge is -2.27. The van der Waals surface area contributed by atoms with Crippen LogP contribution in [0.15, 0.2) is 61.7 Å². The van der Waals surface area contributed by atoms with Crippen molar-refractivity contribution in [3.8, 4) is 11.5 Å². The number of aromatic nitrogens is 8. The van der Waals surface area contributed by atoms with E-state index in [2.05, 4.69) is 64.7 Å². The zero-order valence-corrected chi connectivity index (χ0v) is 36.9. The molecule has 1 saturated heterocycles. The van der Waals surface area contributed by atoms with Gasteiger partial charge in [-0.3, -0.25) is 9.59 Å². The highest BCUT2D eigenvalue weighted by Crippen LogP contribution is 2.43. The number of pyridine rings is 2. The van der Waals surface area contributed by atoms with E-state index >= 15 is 0 Å². The number of methoxy groups -OCH3 is 2.